The Hall–Kier alpha value is -2.95. The normalized spacial score (nSPS) is 16.7. The highest BCUT2D eigenvalue weighted by atomic mass is 35.5. The molecule has 1 atom stereocenters. The fourth-order valence-corrected chi connectivity index (χ4v) is 5.39. The van der Waals surface area contributed by atoms with Crippen molar-refractivity contribution < 1.29 is 13.2 Å². The monoisotopic (exact) mass is 500 g/mol. The maximum Gasteiger partial charge on any atom is 0.223 e. The number of rotatable bonds is 6. The number of fused-ring (bicyclic) bond motifs is 2. The molecule has 4 aromatic rings. The lowest BCUT2D eigenvalue weighted by molar-refractivity contribution is 0.132. The first-order chi connectivity index (χ1) is 16.3. The number of hydrogen-bond donors (Lipinski definition) is 1. The van der Waals surface area contributed by atoms with Crippen LogP contribution in [0.2, 0.25) is 5.02 Å². The molecule has 9 nitrogen and oxygen atoms in total. The molecule has 0 amide bonds. The molecule has 0 radical (unpaired) electrons. The smallest absolute Gasteiger partial charge is 0.223 e. The van der Waals surface area contributed by atoms with Crippen LogP contribution in [-0.4, -0.2) is 57.8 Å². The van der Waals surface area contributed by atoms with Crippen LogP contribution in [0, 0.1) is 0 Å². The molecule has 0 saturated carbocycles. The van der Waals surface area contributed by atoms with Crippen molar-refractivity contribution in [3.63, 3.8) is 0 Å². The van der Waals surface area contributed by atoms with E-state index in [1.54, 1.807) is 23.1 Å². The summed E-state index contributed by atoms with van der Waals surface area (Å²) in [7, 11) is -3.20. The third kappa shape index (κ3) is 4.53. The van der Waals surface area contributed by atoms with Gasteiger partial charge < -0.3 is 10.1 Å². The molecule has 1 aromatic carbocycles. The largest absolute Gasteiger partial charge is 0.474 e. The van der Waals surface area contributed by atoms with Crippen LogP contribution in [0.1, 0.15) is 31.5 Å². The summed E-state index contributed by atoms with van der Waals surface area (Å²) in [5.74, 6) is 0.463. The van der Waals surface area contributed by atoms with Crippen LogP contribution in [0.25, 0.3) is 16.4 Å². The van der Waals surface area contributed by atoms with E-state index in [1.165, 1.54) is 10.6 Å². The van der Waals surface area contributed by atoms with E-state index in [2.05, 4.69) is 15.4 Å². The van der Waals surface area contributed by atoms with Crippen molar-refractivity contribution in [2.45, 2.75) is 31.9 Å². The predicted molar refractivity (Wildman–Crippen MR) is 132 cm³/mol. The lowest BCUT2D eigenvalue weighted by Gasteiger charge is -2.30. The van der Waals surface area contributed by atoms with E-state index in [4.69, 9.17) is 21.3 Å². The second-order valence-corrected chi connectivity index (χ2v) is 10.9. The summed E-state index contributed by atoms with van der Waals surface area (Å²) >= 11 is 6.54. The molecule has 1 N–H and O–H groups in total. The Morgan fingerprint density at radius 3 is 2.76 bits per heavy atom. The molecule has 1 saturated heterocycles. The van der Waals surface area contributed by atoms with Crippen LogP contribution in [-0.2, 0) is 10.0 Å². The highest BCUT2D eigenvalue weighted by Gasteiger charge is 2.27. The van der Waals surface area contributed by atoms with Crippen molar-refractivity contribution in [1.82, 2.24) is 23.9 Å². The first-order valence-electron chi connectivity index (χ1n) is 11.1. The average Bonchev–Trinajstić information content (AvgIpc) is 3.29. The molecule has 178 valence electrons. The number of benzene rings is 1. The molecule has 3 aromatic heterocycles. The molecule has 4 heterocycles. The van der Waals surface area contributed by atoms with Crippen LogP contribution >= 0.6 is 11.6 Å². The van der Waals surface area contributed by atoms with E-state index in [0.717, 1.165) is 27.8 Å². The lowest BCUT2D eigenvalue weighted by Crippen LogP contribution is -2.41. The number of nitrogens with zero attached hydrogens (tertiary/aromatic N) is 5. The number of aromatic nitrogens is 4. The Kier molecular flexibility index (Phi) is 6.05. The fraction of sp³-hybridized carbons (Fsp3) is 0.348. The van der Waals surface area contributed by atoms with Crippen LogP contribution in [0.3, 0.4) is 0 Å². The molecule has 5 rings (SSSR count). The zero-order chi connectivity index (χ0) is 23.9. The molecular formula is C23H25ClN6O3S. The first kappa shape index (κ1) is 22.8. The molecule has 1 aliphatic rings. The number of ether oxygens (including phenoxy) is 1. The van der Waals surface area contributed by atoms with Gasteiger partial charge in [-0.15, -0.1) is 0 Å². The molecule has 34 heavy (non-hydrogen) atoms. The predicted octanol–water partition coefficient (Wildman–Crippen LogP) is 3.91. The van der Waals surface area contributed by atoms with Gasteiger partial charge >= 0.3 is 0 Å². The van der Waals surface area contributed by atoms with Gasteiger partial charge in [-0.2, -0.15) is 5.10 Å². The Balaban J connectivity index is 1.44. The maximum absolute atomic E-state index is 11.8. The zero-order valence-electron chi connectivity index (χ0n) is 18.8. The van der Waals surface area contributed by atoms with Gasteiger partial charge in [-0.05, 0) is 43.4 Å². The summed E-state index contributed by atoms with van der Waals surface area (Å²) in [6.45, 7) is 2.87. The van der Waals surface area contributed by atoms with E-state index in [9.17, 15) is 8.42 Å². The van der Waals surface area contributed by atoms with Crippen molar-refractivity contribution >= 4 is 43.7 Å². The molecule has 1 aliphatic heterocycles. The Morgan fingerprint density at radius 1 is 1.21 bits per heavy atom. The van der Waals surface area contributed by atoms with E-state index in [-0.39, 0.29) is 12.1 Å². The number of nitrogens with one attached hydrogen (secondary N) is 1. The van der Waals surface area contributed by atoms with Crippen molar-refractivity contribution in [3.05, 3.63) is 59.6 Å². The van der Waals surface area contributed by atoms with Gasteiger partial charge in [0.25, 0.3) is 0 Å². The van der Waals surface area contributed by atoms with Gasteiger partial charge in [0.1, 0.15) is 6.10 Å². The minimum absolute atomic E-state index is 0.145. The number of hydrogen-bond acceptors (Lipinski definition) is 7. The summed E-state index contributed by atoms with van der Waals surface area (Å²) in [6, 6.07) is 9.43. The van der Waals surface area contributed by atoms with Crippen molar-refractivity contribution in [2.75, 3.05) is 24.7 Å². The summed E-state index contributed by atoms with van der Waals surface area (Å²) < 4.78 is 33.2. The zero-order valence-corrected chi connectivity index (χ0v) is 20.4. The summed E-state index contributed by atoms with van der Waals surface area (Å²) in [5, 5.41) is 9.97. The first-order valence-corrected chi connectivity index (χ1v) is 13.3. The molecule has 1 fully saturated rings. The van der Waals surface area contributed by atoms with Crippen molar-refractivity contribution in [1.29, 1.82) is 0 Å². The Morgan fingerprint density at radius 2 is 2.00 bits per heavy atom. The molecule has 0 unspecified atom stereocenters. The highest BCUT2D eigenvalue weighted by Crippen LogP contribution is 2.35. The van der Waals surface area contributed by atoms with Gasteiger partial charge in [0, 0.05) is 25.5 Å². The SMILES string of the molecule is C[C@H](Nc1ccnn2ccnc12)c1cc2cccc(Cl)c2c(OC2CCN(S(C)(=O)=O)CC2)n1. The van der Waals surface area contributed by atoms with E-state index >= 15 is 0 Å². The summed E-state index contributed by atoms with van der Waals surface area (Å²) in [4.78, 5) is 9.22. The number of anilines is 1. The molecule has 11 heteroatoms. The van der Waals surface area contributed by atoms with Gasteiger partial charge in [-0.3, -0.25) is 0 Å². The topological polar surface area (TPSA) is 102 Å². The van der Waals surface area contributed by atoms with Crippen LogP contribution in [0.5, 0.6) is 5.88 Å². The number of sulfonamides is 1. The number of pyridine rings is 1. The molecule has 0 aliphatic carbocycles. The van der Waals surface area contributed by atoms with Gasteiger partial charge in [-0.25, -0.2) is 27.2 Å². The van der Waals surface area contributed by atoms with E-state index < -0.39 is 10.0 Å². The molecule has 0 bridgehead atoms. The van der Waals surface area contributed by atoms with Gasteiger partial charge in [0.05, 0.1) is 40.3 Å². The average molecular weight is 501 g/mol. The Bertz CT molecular complexity index is 1450. The quantitative estimate of drug-likeness (QED) is 0.428. The summed E-state index contributed by atoms with van der Waals surface area (Å²) in [5.41, 5.74) is 2.36. The number of imidazole rings is 1. The van der Waals surface area contributed by atoms with Crippen molar-refractivity contribution in [3.8, 4) is 5.88 Å². The van der Waals surface area contributed by atoms with Gasteiger partial charge in [-0.1, -0.05) is 23.7 Å². The standard InChI is InChI=1S/C23H25ClN6O3S/c1-15(27-19-6-9-26-30-13-10-25-22(19)30)20-14-16-4-3-5-18(24)21(16)23(28-20)33-17-7-11-29(12-8-17)34(2,31)32/h3-6,9-10,13-15,17,27H,7-8,11-12H2,1-2H3/t15-/m0/s1. The third-order valence-corrected chi connectivity index (χ3v) is 7.67. The number of halogens is 1. The minimum Gasteiger partial charge on any atom is -0.474 e. The van der Waals surface area contributed by atoms with E-state index in [1.807, 2.05) is 37.3 Å². The van der Waals surface area contributed by atoms with Gasteiger partial charge in [0.15, 0.2) is 5.65 Å². The summed E-state index contributed by atoms with van der Waals surface area (Å²) in [6.07, 6.45) is 7.49. The maximum atomic E-state index is 11.8. The number of piperidine rings is 1. The van der Waals surface area contributed by atoms with Crippen LogP contribution in [0.4, 0.5) is 5.69 Å². The van der Waals surface area contributed by atoms with Crippen LogP contribution in [0.15, 0.2) is 48.9 Å². The molecule has 0 spiro atoms. The van der Waals surface area contributed by atoms with Crippen LogP contribution < -0.4 is 10.1 Å². The second kappa shape index (κ2) is 9.01. The minimum atomic E-state index is -3.20. The fourth-order valence-electron chi connectivity index (χ4n) is 4.26. The lowest BCUT2D eigenvalue weighted by atomic mass is 10.1. The molecular weight excluding hydrogens is 476 g/mol. The van der Waals surface area contributed by atoms with Gasteiger partial charge in [0.2, 0.25) is 15.9 Å². The Labute approximate surface area is 202 Å². The second-order valence-electron chi connectivity index (χ2n) is 8.48. The third-order valence-electron chi connectivity index (χ3n) is 6.05. The van der Waals surface area contributed by atoms with Crippen molar-refractivity contribution in [2.24, 2.45) is 0 Å². The highest BCUT2D eigenvalue weighted by molar-refractivity contribution is 7.88. The van der Waals surface area contributed by atoms with E-state index in [0.29, 0.717) is 36.8 Å².